The lowest BCUT2D eigenvalue weighted by molar-refractivity contribution is 0.0701. The molecule has 0 fully saturated rings. The third-order valence-electron chi connectivity index (χ3n) is 1.45. The maximum absolute atomic E-state index is 10.6. The molecule has 0 aromatic carbocycles. The molecule has 0 saturated heterocycles. The highest BCUT2D eigenvalue weighted by molar-refractivity contribution is 7.13. The zero-order valence-electron chi connectivity index (χ0n) is 6.70. The predicted molar refractivity (Wildman–Crippen MR) is 46.3 cm³/mol. The Balaban J connectivity index is 3.08. The van der Waals surface area contributed by atoms with Gasteiger partial charge in [-0.15, -0.1) is 11.3 Å². The first kappa shape index (κ1) is 9.15. The van der Waals surface area contributed by atoms with Gasteiger partial charge in [-0.25, -0.2) is 9.78 Å². The Morgan fingerprint density at radius 3 is 2.75 bits per heavy atom. The zero-order chi connectivity index (χ0) is 9.14. The Bertz CT molecular complexity index is 296. The van der Waals surface area contributed by atoms with E-state index in [1.54, 1.807) is 0 Å². The largest absolute Gasteiger partial charge is 0.477 e. The number of aryl methyl sites for hydroxylation is 1. The van der Waals surface area contributed by atoms with Crippen LogP contribution in [-0.2, 0) is 13.0 Å². The molecule has 3 N–H and O–H groups in total. The van der Waals surface area contributed by atoms with Crippen LogP contribution in [0.1, 0.15) is 27.3 Å². The summed E-state index contributed by atoms with van der Waals surface area (Å²) in [6.07, 6.45) is 0.637. The van der Waals surface area contributed by atoms with Crippen molar-refractivity contribution >= 4 is 17.3 Å². The van der Waals surface area contributed by atoms with Crippen molar-refractivity contribution in [2.45, 2.75) is 19.9 Å². The number of nitrogens with two attached hydrogens (primary N) is 1. The molecule has 0 aliphatic carbocycles. The van der Waals surface area contributed by atoms with Crippen molar-refractivity contribution in [1.29, 1.82) is 0 Å². The minimum Gasteiger partial charge on any atom is -0.477 e. The van der Waals surface area contributed by atoms with Crippen LogP contribution in [0, 0.1) is 0 Å². The summed E-state index contributed by atoms with van der Waals surface area (Å²) in [5, 5.41) is 9.42. The molecule has 1 aromatic rings. The van der Waals surface area contributed by atoms with Crippen LogP contribution < -0.4 is 5.73 Å². The third kappa shape index (κ3) is 1.62. The van der Waals surface area contributed by atoms with E-state index < -0.39 is 5.97 Å². The molecular formula is C7H10N2O2S. The molecule has 1 aromatic heterocycles. The zero-order valence-corrected chi connectivity index (χ0v) is 7.52. The fraction of sp³-hybridized carbons (Fsp3) is 0.429. The Hall–Kier alpha value is -0.940. The van der Waals surface area contributed by atoms with Crippen LogP contribution in [-0.4, -0.2) is 16.1 Å². The highest BCUT2D eigenvalue weighted by Gasteiger charge is 2.14. The second-order valence-electron chi connectivity index (χ2n) is 2.25. The van der Waals surface area contributed by atoms with E-state index >= 15 is 0 Å². The SMILES string of the molecule is CCc1nc(CN)sc1C(=O)O. The van der Waals surface area contributed by atoms with E-state index in [1.807, 2.05) is 6.92 Å². The normalized spacial score (nSPS) is 10.2. The standard InChI is InChI=1S/C7H10N2O2S/c1-2-4-6(7(10)11)12-5(3-8)9-4/h2-3,8H2,1H3,(H,10,11). The summed E-state index contributed by atoms with van der Waals surface area (Å²) in [7, 11) is 0. The van der Waals surface area contributed by atoms with Gasteiger partial charge in [0.1, 0.15) is 9.88 Å². The summed E-state index contributed by atoms with van der Waals surface area (Å²) >= 11 is 1.16. The van der Waals surface area contributed by atoms with E-state index in [1.165, 1.54) is 0 Å². The van der Waals surface area contributed by atoms with Crippen molar-refractivity contribution in [1.82, 2.24) is 4.98 Å². The molecule has 0 aliphatic rings. The van der Waals surface area contributed by atoms with Gasteiger partial charge in [0.25, 0.3) is 0 Å². The average Bonchev–Trinajstić information content (AvgIpc) is 2.47. The molecular weight excluding hydrogens is 176 g/mol. The van der Waals surface area contributed by atoms with Gasteiger partial charge < -0.3 is 10.8 Å². The lowest BCUT2D eigenvalue weighted by Crippen LogP contribution is -1.97. The van der Waals surface area contributed by atoms with E-state index in [2.05, 4.69) is 4.98 Å². The summed E-state index contributed by atoms with van der Waals surface area (Å²) in [6.45, 7) is 2.19. The van der Waals surface area contributed by atoms with Crippen LogP contribution in [0.25, 0.3) is 0 Å². The lowest BCUT2D eigenvalue weighted by Gasteiger charge is -1.89. The fourth-order valence-electron chi connectivity index (χ4n) is 0.895. The fourth-order valence-corrected chi connectivity index (χ4v) is 1.76. The Kier molecular flexibility index (Phi) is 2.78. The molecule has 1 rings (SSSR count). The molecule has 0 amide bonds. The lowest BCUT2D eigenvalue weighted by atomic mass is 10.3. The van der Waals surface area contributed by atoms with E-state index in [-0.39, 0.29) is 0 Å². The molecule has 5 heteroatoms. The third-order valence-corrected chi connectivity index (χ3v) is 2.55. The first-order valence-electron chi connectivity index (χ1n) is 3.61. The molecule has 0 unspecified atom stereocenters. The smallest absolute Gasteiger partial charge is 0.347 e. The molecule has 12 heavy (non-hydrogen) atoms. The number of rotatable bonds is 3. The minimum atomic E-state index is -0.913. The van der Waals surface area contributed by atoms with E-state index in [4.69, 9.17) is 10.8 Å². The van der Waals surface area contributed by atoms with Crippen molar-refractivity contribution in [3.63, 3.8) is 0 Å². The molecule has 1 heterocycles. The van der Waals surface area contributed by atoms with Crippen molar-refractivity contribution < 1.29 is 9.90 Å². The number of hydrogen-bond acceptors (Lipinski definition) is 4. The summed E-state index contributed by atoms with van der Waals surface area (Å²) < 4.78 is 0. The Morgan fingerprint density at radius 2 is 2.42 bits per heavy atom. The number of carboxylic acid groups (broad SMARTS) is 1. The van der Waals surface area contributed by atoms with Crippen LogP contribution in [0.15, 0.2) is 0 Å². The maximum Gasteiger partial charge on any atom is 0.347 e. The van der Waals surface area contributed by atoms with Crippen LogP contribution in [0.3, 0.4) is 0 Å². The van der Waals surface area contributed by atoms with Gasteiger partial charge in [-0.05, 0) is 6.42 Å². The van der Waals surface area contributed by atoms with Gasteiger partial charge in [0.2, 0.25) is 0 Å². The molecule has 0 aliphatic heterocycles. The number of aromatic nitrogens is 1. The van der Waals surface area contributed by atoms with E-state index in [0.29, 0.717) is 28.5 Å². The van der Waals surface area contributed by atoms with Crippen LogP contribution in [0.2, 0.25) is 0 Å². The summed E-state index contributed by atoms with van der Waals surface area (Å²) in [6, 6.07) is 0. The second-order valence-corrected chi connectivity index (χ2v) is 3.33. The number of hydrogen-bond donors (Lipinski definition) is 2. The van der Waals surface area contributed by atoms with E-state index in [9.17, 15) is 4.79 Å². The summed E-state index contributed by atoms with van der Waals surface area (Å²) in [5.74, 6) is -0.913. The van der Waals surface area contributed by atoms with Gasteiger partial charge in [-0.1, -0.05) is 6.92 Å². The summed E-state index contributed by atoms with van der Waals surface area (Å²) in [5.41, 5.74) is 5.97. The Morgan fingerprint density at radius 1 is 1.75 bits per heavy atom. The highest BCUT2D eigenvalue weighted by atomic mass is 32.1. The summed E-state index contributed by atoms with van der Waals surface area (Å²) in [4.78, 5) is 15.0. The molecule has 0 bridgehead atoms. The molecule has 0 saturated carbocycles. The van der Waals surface area contributed by atoms with Gasteiger partial charge in [0, 0.05) is 6.54 Å². The number of carboxylic acids is 1. The van der Waals surface area contributed by atoms with Gasteiger partial charge in [0.15, 0.2) is 0 Å². The van der Waals surface area contributed by atoms with Crippen LogP contribution in [0.5, 0.6) is 0 Å². The Labute approximate surface area is 74.0 Å². The molecule has 0 atom stereocenters. The van der Waals surface area contributed by atoms with Crippen molar-refractivity contribution in [2.24, 2.45) is 5.73 Å². The van der Waals surface area contributed by atoms with Gasteiger partial charge in [-0.2, -0.15) is 0 Å². The molecule has 0 spiro atoms. The van der Waals surface area contributed by atoms with Gasteiger partial charge in [0.05, 0.1) is 5.69 Å². The number of carbonyl (C=O) groups is 1. The molecule has 4 nitrogen and oxygen atoms in total. The first-order chi connectivity index (χ1) is 5.69. The first-order valence-corrected chi connectivity index (χ1v) is 4.42. The van der Waals surface area contributed by atoms with Gasteiger partial charge >= 0.3 is 5.97 Å². The van der Waals surface area contributed by atoms with Crippen molar-refractivity contribution in [3.8, 4) is 0 Å². The maximum atomic E-state index is 10.6. The topological polar surface area (TPSA) is 76.2 Å². The predicted octanol–water partition coefficient (Wildman–Crippen LogP) is 0.862. The highest BCUT2D eigenvalue weighted by Crippen LogP contribution is 2.18. The number of nitrogens with zero attached hydrogens (tertiary/aromatic N) is 1. The molecule has 66 valence electrons. The quantitative estimate of drug-likeness (QED) is 0.734. The average molecular weight is 186 g/mol. The van der Waals surface area contributed by atoms with E-state index in [0.717, 1.165) is 11.3 Å². The van der Waals surface area contributed by atoms with Crippen molar-refractivity contribution in [3.05, 3.63) is 15.6 Å². The number of thiazole rings is 1. The number of aromatic carboxylic acids is 1. The van der Waals surface area contributed by atoms with Crippen molar-refractivity contribution in [2.75, 3.05) is 0 Å². The van der Waals surface area contributed by atoms with Crippen LogP contribution in [0.4, 0.5) is 0 Å². The monoisotopic (exact) mass is 186 g/mol. The second kappa shape index (κ2) is 3.64. The van der Waals surface area contributed by atoms with Crippen LogP contribution >= 0.6 is 11.3 Å². The minimum absolute atomic E-state index is 0.310. The molecule has 0 radical (unpaired) electrons. The van der Waals surface area contributed by atoms with Gasteiger partial charge in [-0.3, -0.25) is 0 Å².